The Hall–Kier alpha value is -5.36. The van der Waals surface area contributed by atoms with Gasteiger partial charge in [-0.1, -0.05) is 172 Å². The Morgan fingerprint density at radius 1 is 0.383 bits per heavy atom. The van der Waals surface area contributed by atoms with Crippen LogP contribution < -0.4 is 42.0 Å². The van der Waals surface area contributed by atoms with Crippen molar-refractivity contribution in [3.8, 4) is 0 Å². The van der Waals surface area contributed by atoms with Gasteiger partial charge in [0.2, 0.25) is 14.9 Å². The van der Waals surface area contributed by atoms with E-state index in [0.717, 1.165) is 61.9 Å². The van der Waals surface area contributed by atoms with E-state index < -0.39 is 119 Å². The Morgan fingerprint density at radius 2 is 0.672 bits per heavy atom. The van der Waals surface area contributed by atoms with Crippen LogP contribution in [0.5, 0.6) is 0 Å². The zero-order valence-corrected chi connectivity index (χ0v) is 85.4. The third kappa shape index (κ3) is 88.6. The summed E-state index contributed by atoms with van der Waals surface area (Å²) in [6, 6.07) is 24.7. The summed E-state index contributed by atoms with van der Waals surface area (Å²) in [7, 11) is -19.5. The number of hydrogen-bond acceptors (Lipinski definition) is 30. The number of benzene rings is 3. The Balaban J connectivity index is -0.000000337. The molecule has 13 atom stereocenters. The maximum Gasteiger partial charge on any atom is 0.325 e. The lowest BCUT2D eigenvalue weighted by Gasteiger charge is -2.25. The van der Waals surface area contributed by atoms with E-state index in [4.69, 9.17) is 89.0 Å². The highest BCUT2D eigenvalue weighted by molar-refractivity contribution is 7.84. The van der Waals surface area contributed by atoms with Gasteiger partial charge in [-0.15, -0.1) is 0 Å². The molecule has 0 heterocycles. The molecule has 0 saturated carbocycles. The molecule has 0 saturated heterocycles. The van der Waals surface area contributed by atoms with Gasteiger partial charge < -0.3 is 92.7 Å². The van der Waals surface area contributed by atoms with Crippen LogP contribution in [0, 0.1) is 23.7 Å². The van der Waals surface area contributed by atoms with Crippen molar-refractivity contribution in [2.24, 2.45) is 35.1 Å². The smallest absolute Gasteiger partial charge is 0.325 e. The van der Waals surface area contributed by atoms with Crippen LogP contribution in [0.15, 0.2) is 91.0 Å². The van der Waals surface area contributed by atoms with Gasteiger partial charge in [0.15, 0.2) is 0 Å². The van der Waals surface area contributed by atoms with Gasteiger partial charge in [-0.05, 0) is 95.2 Å². The highest BCUT2D eigenvalue weighted by atomic mass is 35.7. The lowest BCUT2D eigenvalue weighted by molar-refractivity contribution is -0.148. The third-order valence-corrected chi connectivity index (χ3v) is 21.9. The third-order valence-electron chi connectivity index (χ3n) is 15.0. The van der Waals surface area contributed by atoms with Crippen LogP contribution in [0.25, 0.3) is 0 Å². The van der Waals surface area contributed by atoms with Crippen LogP contribution >= 0.6 is 63.1 Å². The second kappa shape index (κ2) is 78.0. The summed E-state index contributed by atoms with van der Waals surface area (Å²) in [5.41, 5.74) is 13.3. The topological polar surface area (TPSA) is 603 Å². The minimum absolute atomic E-state index is 0.156. The van der Waals surface area contributed by atoms with Gasteiger partial charge in [-0.3, -0.25) is 75.4 Å². The molecule has 40 nitrogen and oxygen atoms in total. The number of hydrogen-bond donors (Lipinski definition) is 14. The average molecular weight is 1990 g/mol. The number of carbonyl (C=O) groups is 8. The van der Waals surface area contributed by atoms with E-state index in [1.807, 2.05) is 119 Å². The quantitative estimate of drug-likeness (QED) is 0.0108. The summed E-state index contributed by atoms with van der Waals surface area (Å²) in [4.78, 5) is 124. The van der Waals surface area contributed by atoms with Gasteiger partial charge in [-0.25, -0.2) is 25.4 Å². The largest absolute Gasteiger partial charge is 0.466 e. The molecule has 3 aromatic rings. The van der Waals surface area contributed by atoms with Gasteiger partial charge in [0.25, 0.3) is 21.8 Å². The number of ether oxygens (including phenoxy) is 8. The van der Waals surface area contributed by atoms with Crippen molar-refractivity contribution >= 4 is 111 Å². The normalized spacial score (nSPS) is 15.4. The number of rotatable bonds is 51. The fourth-order valence-electron chi connectivity index (χ4n) is 7.92. The summed E-state index contributed by atoms with van der Waals surface area (Å²) in [6.07, 6.45) is 6.74. The molecule has 48 heteroatoms. The molecule has 0 aromatic heterocycles. The van der Waals surface area contributed by atoms with E-state index >= 15 is 0 Å². The van der Waals surface area contributed by atoms with Gasteiger partial charge >= 0.3 is 62.9 Å². The van der Waals surface area contributed by atoms with Crippen LogP contribution in [0.2, 0.25) is 0 Å². The zero-order valence-electron chi connectivity index (χ0n) is 78.4. The number of nitrogens with two attached hydrogens (primary N) is 2. The van der Waals surface area contributed by atoms with Crippen molar-refractivity contribution < 1.29 is 152 Å². The van der Waals surface area contributed by atoms with Crippen LogP contribution in [0.4, 0.5) is 0 Å². The molecular weight excluding hydrogens is 1840 g/mol. The molecule has 0 aliphatic carbocycles. The summed E-state index contributed by atoms with van der Waals surface area (Å²) >= 11 is 5.42. The van der Waals surface area contributed by atoms with Crippen molar-refractivity contribution in [1.29, 1.82) is 0 Å². The van der Waals surface area contributed by atoms with Gasteiger partial charge in [0.05, 0.1) is 110 Å². The first-order valence-electron chi connectivity index (χ1n) is 41.7. The van der Waals surface area contributed by atoms with Crippen molar-refractivity contribution in [2.45, 2.75) is 192 Å². The summed E-state index contributed by atoms with van der Waals surface area (Å²) in [5.74, 6) is -4.76. The maximum absolute atomic E-state index is 12.6. The summed E-state index contributed by atoms with van der Waals surface area (Å²) < 4.78 is 133. The second-order valence-electron chi connectivity index (χ2n) is 28.6. The van der Waals surface area contributed by atoms with Gasteiger partial charge in [-0.2, -0.15) is 0 Å². The van der Waals surface area contributed by atoms with Crippen LogP contribution in [0.1, 0.15) is 165 Å². The molecule has 0 fully saturated rings. The fraction of sp³-hybridized carbons (Fsp3) is 0.675. The van der Waals surface area contributed by atoms with E-state index in [-0.39, 0.29) is 87.7 Å². The number of unbranched alkanes of at least 4 members (excludes halogenated alkanes) is 4. The Kier molecular flexibility index (Phi) is 81.3. The lowest BCUT2D eigenvalue weighted by Crippen LogP contribution is -2.46. The Morgan fingerprint density at radius 3 is 0.953 bits per heavy atom. The Bertz CT molecular complexity index is 3690. The molecule has 0 aliphatic rings. The number of halogens is 1. The Labute approximate surface area is 763 Å². The number of esters is 8. The highest BCUT2D eigenvalue weighted by Gasteiger charge is 2.32. The molecule has 0 amide bonds. The van der Waals surface area contributed by atoms with Crippen molar-refractivity contribution in [1.82, 2.24) is 30.5 Å². The van der Waals surface area contributed by atoms with E-state index in [1.165, 1.54) is 40.0 Å². The predicted molar refractivity (Wildman–Crippen MR) is 497 cm³/mol. The van der Waals surface area contributed by atoms with E-state index in [0.29, 0.717) is 65.6 Å². The van der Waals surface area contributed by atoms with Gasteiger partial charge in [0.1, 0.15) is 24.2 Å². The van der Waals surface area contributed by atoms with Crippen molar-refractivity contribution in [3.63, 3.8) is 0 Å². The molecule has 0 spiro atoms. The molecule has 16 N–H and O–H groups in total. The van der Waals surface area contributed by atoms with Crippen LogP contribution in [-0.2, 0) is 142 Å². The number of aliphatic hydroxyl groups excluding tert-OH is 2. The van der Waals surface area contributed by atoms with E-state index in [9.17, 15) is 80.5 Å². The first kappa shape index (κ1) is 133. The number of nitrogens with one attached hydrogen (secondary N) is 6. The molecule has 3 aromatic carbocycles. The SMILES string of the molecule is CCCCOC(=O)C(C)N.CCCCOC(=O)C(C)NP(C)(=O)NCC(C)C(=O)OCC.CCCCOC(=O)C(CO)NP(C)(=O)NC(CO)C(=O)OCCCC.CCOC(=O)C(C)CN.CCOC(=O)C(C)CNP(C)(=O)O.CCOC(=O)C(C)CNP(C)(=O)OCc1ccccc1.CP(=O)(Cl)OCc1ccccc1.CP(=O)(O)O.CP(=O)(O)OCc1ccccc1. The minimum atomic E-state index is -3.64. The molecule has 0 radical (unpaired) electrons. The highest BCUT2D eigenvalue weighted by Crippen LogP contribution is 2.49. The molecule has 746 valence electrons. The van der Waals surface area contributed by atoms with Crippen molar-refractivity contribution in [2.75, 3.05) is 139 Å². The van der Waals surface area contributed by atoms with E-state index in [2.05, 4.69) is 35.3 Å². The number of carbonyl (C=O) groups excluding carboxylic acids is 8. The van der Waals surface area contributed by atoms with Gasteiger partial charge in [0, 0.05) is 72.8 Å². The first-order valence-corrected chi connectivity index (χ1v) is 57.2. The maximum atomic E-state index is 12.6. The predicted octanol–water partition coefficient (Wildman–Crippen LogP) is 11.6. The second-order valence-corrected chi connectivity index (χ2v) is 44.9. The lowest BCUT2D eigenvalue weighted by atomic mass is 10.2. The molecule has 3 rings (SSSR count). The molecule has 0 aliphatic heterocycles. The minimum Gasteiger partial charge on any atom is -0.466 e. The molecular formula is C80H152ClN8O32P7. The number of aliphatic hydroxyl groups is 2. The van der Waals surface area contributed by atoms with Crippen LogP contribution in [-0.4, -0.2) is 241 Å². The average Bonchev–Trinajstić information content (AvgIpc) is 0.857. The standard InChI is InChI=1S/C15H31N2O7P.C14H29N2O5P.C14H22NO4P.C8H10ClO2P.C8H11O3P.C7H16NO4P.C7H15NO2.C6H13NO2.CH5O3P/c1-4-6-8-23-14(20)12(10-18)16-25(3,22)17-13(11-19)15(21)24-9-7-5-2;1-6-8-9-21-14(18)12(4)16-22(5,19)15-10-11(3)13(17)20-7-2;1-4-18-14(16)12(2)10-15-20(3,17)19-11-13-8-6-5-7-9-13;2*1-12(9,10)11-7-8-5-3-2-4-6-8;1-4-12-7(9)6(2)5-8-13(3,10)11;1-3-4-5-10-7(9)6(2)8;1-3-9-6(8)5(2)4-7;1-5(2,3)4/h12-13,18-19H,4-11H2,1-3H3,(H2,16,17,22);11-12H,6-10H2,1-5H3,(H2,15,16,19);5-9,12H,4,10-11H2,1-3H3,(H,15,17);2-6H,7H2,1H3;2-6H,7H2,1H3,(H,9,10);6H,4-5H2,1-3H3,(H2,8,10,11);6H,3-5,8H2,1-2H3;5H,3-4,7H2,1-2H3;1H3,(H2,2,3,4). The molecule has 128 heavy (non-hydrogen) atoms. The summed E-state index contributed by atoms with van der Waals surface area (Å²) in [5, 5.41) is 34.2. The fourth-order valence-corrected chi connectivity index (χ4v) is 13.7. The molecule has 13 unspecified atom stereocenters. The monoisotopic (exact) mass is 1990 g/mol. The summed E-state index contributed by atoms with van der Waals surface area (Å²) in [6.45, 7) is 34.1. The zero-order chi connectivity index (χ0) is 99.8. The van der Waals surface area contributed by atoms with Crippen LogP contribution in [0.3, 0.4) is 0 Å². The van der Waals surface area contributed by atoms with Crippen molar-refractivity contribution in [3.05, 3.63) is 108 Å². The molecule has 0 bridgehead atoms. The van der Waals surface area contributed by atoms with E-state index in [1.54, 1.807) is 69.2 Å². The first-order chi connectivity index (χ1) is 59.4.